The van der Waals surface area contributed by atoms with Gasteiger partial charge in [-0.2, -0.15) is 0 Å². The van der Waals surface area contributed by atoms with Gasteiger partial charge in [0.15, 0.2) is 0 Å². The first-order valence-electron chi connectivity index (χ1n) is 10.3. The van der Waals surface area contributed by atoms with Gasteiger partial charge in [0.05, 0.1) is 17.9 Å². The monoisotopic (exact) mass is 446 g/mol. The van der Waals surface area contributed by atoms with E-state index in [0.29, 0.717) is 39.9 Å². The van der Waals surface area contributed by atoms with E-state index in [2.05, 4.69) is 5.32 Å². The van der Waals surface area contributed by atoms with E-state index in [4.69, 9.17) is 16.3 Å². The predicted octanol–water partition coefficient (Wildman–Crippen LogP) is 5.75. The molecule has 3 aromatic carbocycles. The van der Waals surface area contributed by atoms with Gasteiger partial charge in [0, 0.05) is 10.7 Å². The lowest BCUT2D eigenvalue weighted by molar-refractivity contribution is -0.120. The third-order valence-electron chi connectivity index (χ3n) is 5.25. The van der Waals surface area contributed by atoms with Crippen molar-refractivity contribution in [3.05, 3.63) is 94.1 Å². The molecule has 0 bridgehead atoms. The van der Waals surface area contributed by atoms with Crippen molar-refractivity contribution in [3.8, 4) is 5.75 Å². The molecule has 0 aromatic heterocycles. The van der Waals surface area contributed by atoms with E-state index in [1.54, 1.807) is 48.5 Å². The van der Waals surface area contributed by atoms with Crippen molar-refractivity contribution >= 4 is 40.4 Å². The molecule has 0 radical (unpaired) electrons. The largest absolute Gasteiger partial charge is 0.494 e. The highest BCUT2D eigenvalue weighted by molar-refractivity contribution is 6.46. The Labute approximate surface area is 192 Å². The van der Waals surface area contributed by atoms with Gasteiger partial charge in [0.25, 0.3) is 11.8 Å². The van der Waals surface area contributed by atoms with Crippen molar-refractivity contribution in [1.82, 2.24) is 0 Å². The second kappa shape index (κ2) is 8.89. The Morgan fingerprint density at radius 1 is 0.938 bits per heavy atom. The quantitative estimate of drug-likeness (QED) is 0.489. The average Bonchev–Trinajstić information content (AvgIpc) is 3.00. The smallest absolute Gasteiger partial charge is 0.282 e. The lowest BCUT2D eigenvalue weighted by Crippen LogP contribution is -2.32. The summed E-state index contributed by atoms with van der Waals surface area (Å²) in [6, 6.07) is 19.9. The number of hydrogen-bond acceptors (Lipinski definition) is 4. The lowest BCUT2D eigenvalue weighted by Gasteiger charge is -2.16. The van der Waals surface area contributed by atoms with E-state index in [9.17, 15) is 9.59 Å². The number of benzene rings is 3. The molecule has 162 valence electrons. The SMILES string of the molecule is CCOc1ccc(C2=C(Nc3ccc(Cl)cc3C)C(=O)N(c3cccc(C)c3)C2=O)cc1. The van der Waals surface area contributed by atoms with E-state index >= 15 is 0 Å². The number of imide groups is 1. The van der Waals surface area contributed by atoms with Crippen molar-refractivity contribution in [2.75, 3.05) is 16.8 Å². The van der Waals surface area contributed by atoms with Gasteiger partial charge < -0.3 is 10.1 Å². The number of halogens is 1. The Balaban J connectivity index is 1.81. The fourth-order valence-electron chi connectivity index (χ4n) is 3.70. The van der Waals surface area contributed by atoms with E-state index in [0.717, 1.165) is 11.1 Å². The maximum atomic E-state index is 13.5. The molecule has 0 aliphatic carbocycles. The third-order valence-corrected chi connectivity index (χ3v) is 5.48. The first kappa shape index (κ1) is 21.7. The standard InChI is InChI=1S/C26H23ClN2O3/c1-4-32-21-11-8-18(9-12-21)23-24(28-22-13-10-19(27)15-17(22)3)26(31)29(25(23)30)20-7-5-6-16(2)14-20/h5-15,28H,4H2,1-3H3. The second-order valence-corrected chi connectivity index (χ2v) is 8.01. The Bertz CT molecular complexity index is 1230. The van der Waals surface area contributed by atoms with Crippen LogP contribution in [0.5, 0.6) is 5.75 Å². The van der Waals surface area contributed by atoms with Crippen LogP contribution in [-0.2, 0) is 9.59 Å². The first-order chi connectivity index (χ1) is 15.4. The van der Waals surface area contributed by atoms with E-state index < -0.39 is 5.91 Å². The molecule has 0 fully saturated rings. The van der Waals surface area contributed by atoms with Crippen LogP contribution < -0.4 is 15.0 Å². The van der Waals surface area contributed by atoms with Crippen LogP contribution >= 0.6 is 11.6 Å². The maximum Gasteiger partial charge on any atom is 0.282 e. The summed E-state index contributed by atoms with van der Waals surface area (Å²) in [4.78, 5) is 28.2. The van der Waals surface area contributed by atoms with Gasteiger partial charge in [-0.3, -0.25) is 9.59 Å². The third kappa shape index (κ3) is 4.12. The van der Waals surface area contributed by atoms with Crippen LogP contribution in [0.15, 0.2) is 72.4 Å². The molecule has 5 nitrogen and oxygen atoms in total. The molecule has 0 saturated carbocycles. The van der Waals surface area contributed by atoms with Crippen LogP contribution in [0.2, 0.25) is 5.02 Å². The Morgan fingerprint density at radius 2 is 1.69 bits per heavy atom. The normalized spacial score (nSPS) is 13.7. The summed E-state index contributed by atoms with van der Waals surface area (Å²) in [5, 5.41) is 3.80. The highest BCUT2D eigenvalue weighted by Gasteiger charge is 2.40. The highest BCUT2D eigenvalue weighted by atomic mass is 35.5. The summed E-state index contributed by atoms with van der Waals surface area (Å²) < 4.78 is 5.52. The number of amides is 2. The summed E-state index contributed by atoms with van der Waals surface area (Å²) in [7, 11) is 0. The van der Waals surface area contributed by atoms with Crippen molar-refractivity contribution in [3.63, 3.8) is 0 Å². The molecular formula is C26H23ClN2O3. The molecule has 0 atom stereocenters. The Hall–Kier alpha value is -3.57. The number of hydrogen-bond donors (Lipinski definition) is 1. The van der Waals surface area contributed by atoms with Crippen LogP contribution in [-0.4, -0.2) is 18.4 Å². The van der Waals surface area contributed by atoms with E-state index in [1.807, 2.05) is 39.0 Å². The van der Waals surface area contributed by atoms with Crippen LogP contribution in [0.3, 0.4) is 0 Å². The summed E-state index contributed by atoms with van der Waals surface area (Å²) in [5.74, 6) is -0.0788. The van der Waals surface area contributed by atoms with Crippen LogP contribution in [0.25, 0.3) is 5.57 Å². The van der Waals surface area contributed by atoms with Crippen LogP contribution in [0.1, 0.15) is 23.6 Å². The molecule has 0 saturated heterocycles. The zero-order chi connectivity index (χ0) is 22.8. The summed E-state index contributed by atoms with van der Waals surface area (Å²) in [5.41, 5.74) is 4.25. The average molecular weight is 447 g/mol. The number of ether oxygens (including phenoxy) is 1. The second-order valence-electron chi connectivity index (χ2n) is 7.58. The summed E-state index contributed by atoms with van der Waals surface area (Å²) in [6.07, 6.45) is 0. The lowest BCUT2D eigenvalue weighted by atomic mass is 10.0. The molecule has 1 aliphatic rings. The van der Waals surface area contributed by atoms with Gasteiger partial charge >= 0.3 is 0 Å². The molecule has 32 heavy (non-hydrogen) atoms. The predicted molar refractivity (Wildman–Crippen MR) is 128 cm³/mol. The maximum absolute atomic E-state index is 13.5. The molecule has 2 amide bonds. The summed E-state index contributed by atoms with van der Waals surface area (Å²) >= 11 is 6.09. The topological polar surface area (TPSA) is 58.6 Å². The minimum Gasteiger partial charge on any atom is -0.494 e. The molecule has 1 heterocycles. The van der Waals surface area contributed by atoms with Gasteiger partial charge in [0.1, 0.15) is 11.4 Å². The number of nitrogens with zero attached hydrogens (tertiary/aromatic N) is 1. The zero-order valence-corrected chi connectivity index (χ0v) is 18.9. The fraction of sp³-hybridized carbons (Fsp3) is 0.154. The number of carbonyl (C=O) groups is 2. The number of anilines is 2. The highest BCUT2D eigenvalue weighted by Crippen LogP contribution is 2.35. The van der Waals surface area contributed by atoms with Crippen molar-refractivity contribution < 1.29 is 14.3 Å². The molecule has 1 N–H and O–H groups in total. The number of rotatable bonds is 6. The van der Waals surface area contributed by atoms with Crippen molar-refractivity contribution in [2.45, 2.75) is 20.8 Å². The zero-order valence-electron chi connectivity index (χ0n) is 18.1. The minimum atomic E-state index is -0.404. The molecule has 6 heteroatoms. The van der Waals surface area contributed by atoms with Gasteiger partial charge in [-0.1, -0.05) is 35.9 Å². The van der Waals surface area contributed by atoms with Crippen LogP contribution in [0.4, 0.5) is 11.4 Å². The minimum absolute atomic E-state index is 0.228. The molecule has 0 unspecified atom stereocenters. The number of aryl methyl sites for hydroxylation is 2. The Kier molecular flexibility index (Phi) is 6.01. The molecule has 4 rings (SSSR count). The Morgan fingerprint density at radius 3 is 2.34 bits per heavy atom. The molecule has 1 aliphatic heterocycles. The van der Waals surface area contributed by atoms with Crippen LogP contribution in [0, 0.1) is 13.8 Å². The van der Waals surface area contributed by atoms with Gasteiger partial charge in [0.2, 0.25) is 0 Å². The van der Waals surface area contributed by atoms with Crippen molar-refractivity contribution in [2.24, 2.45) is 0 Å². The van der Waals surface area contributed by atoms with Gasteiger partial charge in [-0.15, -0.1) is 0 Å². The molecule has 0 spiro atoms. The van der Waals surface area contributed by atoms with E-state index in [-0.39, 0.29) is 11.6 Å². The number of carbonyl (C=O) groups excluding carboxylic acids is 2. The summed E-state index contributed by atoms with van der Waals surface area (Å²) in [6.45, 7) is 6.27. The molecule has 3 aromatic rings. The number of nitrogens with one attached hydrogen (secondary N) is 1. The fourth-order valence-corrected chi connectivity index (χ4v) is 3.93. The van der Waals surface area contributed by atoms with Crippen molar-refractivity contribution in [1.29, 1.82) is 0 Å². The van der Waals surface area contributed by atoms with Gasteiger partial charge in [-0.05, 0) is 79.9 Å². The van der Waals surface area contributed by atoms with E-state index in [1.165, 1.54) is 4.90 Å². The van der Waals surface area contributed by atoms with Gasteiger partial charge in [-0.25, -0.2) is 4.90 Å². The molecular weight excluding hydrogens is 424 g/mol. The first-order valence-corrected chi connectivity index (χ1v) is 10.7.